The van der Waals surface area contributed by atoms with Crippen LogP contribution >= 0.6 is 0 Å². The molecule has 1 unspecified atom stereocenters. The Bertz CT molecular complexity index is 999. The Kier molecular flexibility index (Phi) is 4.61. The third kappa shape index (κ3) is 3.13. The first-order chi connectivity index (χ1) is 12.6. The van der Waals surface area contributed by atoms with Crippen molar-refractivity contribution < 1.29 is 18.3 Å². The van der Waals surface area contributed by atoms with Crippen molar-refractivity contribution >= 4 is 11.5 Å². The summed E-state index contributed by atoms with van der Waals surface area (Å²) in [6.45, 7) is 2.88. The number of alkyl halides is 3. The monoisotopic (exact) mass is 379 g/mol. The van der Waals surface area contributed by atoms with E-state index in [2.05, 4.69) is 15.3 Å². The number of nitrogens with two attached hydrogens (primary N) is 1. The lowest BCUT2D eigenvalue weighted by Gasteiger charge is -2.31. The van der Waals surface area contributed by atoms with Crippen LogP contribution < -0.4 is 11.1 Å². The Morgan fingerprint density at radius 2 is 1.96 bits per heavy atom. The average Bonchev–Trinajstić information content (AvgIpc) is 2.98. The normalized spacial score (nSPS) is 14.5. The van der Waals surface area contributed by atoms with Crippen LogP contribution in [0.4, 0.5) is 19.0 Å². The minimum atomic E-state index is -4.84. The fourth-order valence-corrected chi connectivity index (χ4v) is 3.11. The smallest absolute Gasteiger partial charge is 0.381 e. The summed E-state index contributed by atoms with van der Waals surface area (Å²) >= 11 is 0. The summed E-state index contributed by atoms with van der Waals surface area (Å²) in [7, 11) is 1.36. The van der Waals surface area contributed by atoms with Crippen LogP contribution in [0.1, 0.15) is 16.8 Å². The number of benzene rings is 1. The summed E-state index contributed by atoms with van der Waals surface area (Å²) in [6.07, 6.45) is -1.60. The number of fused-ring (bicyclic) bond motifs is 1. The Morgan fingerprint density at radius 3 is 2.59 bits per heavy atom. The van der Waals surface area contributed by atoms with E-state index in [-0.39, 0.29) is 11.4 Å². The van der Waals surface area contributed by atoms with Crippen LogP contribution in [0.5, 0.6) is 0 Å². The van der Waals surface area contributed by atoms with Gasteiger partial charge in [0.15, 0.2) is 17.1 Å². The Balaban J connectivity index is 2.23. The van der Waals surface area contributed by atoms with Gasteiger partial charge in [-0.3, -0.25) is 4.40 Å². The SMILES string of the molecule is CNCC(O)(c1ccc(C)c(-c2cnc3c(N)nc(C)cn23)c1)C(F)(F)F. The number of hydrogen-bond donors (Lipinski definition) is 3. The molecule has 1 aromatic carbocycles. The summed E-state index contributed by atoms with van der Waals surface area (Å²) in [5.74, 6) is 0.233. The van der Waals surface area contributed by atoms with Crippen LogP contribution in [0.25, 0.3) is 16.9 Å². The number of hydrogen-bond acceptors (Lipinski definition) is 5. The van der Waals surface area contributed by atoms with Gasteiger partial charge in [-0.15, -0.1) is 0 Å². The molecule has 0 amide bonds. The fraction of sp³-hybridized carbons (Fsp3) is 0.333. The topological polar surface area (TPSA) is 88.5 Å². The molecule has 0 fully saturated rings. The van der Waals surface area contributed by atoms with Gasteiger partial charge in [-0.25, -0.2) is 9.97 Å². The quantitative estimate of drug-likeness (QED) is 0.648. The molecule has 0 aliphatic rings. The zero-order chi connectivity index (χ0) is 20.0. The van der Waals surface area contributed by atoms with Crippen LogP contribution in [-0.2, 0) is 5.60 Å². The second-order valence-electron chi connectivity index (χ2n) is 6.52. The molecule has 0 aliphatic carbocycles. The van der Waals surface area contributed by atoms with Crippen LogP contribution in [0, 0.1) is 13.8 Å². The molecule has 1 atom stereocenters. The molecule has 3 rings (SSSR count). The highest BCUT2D eigenvalue weighted by Gasteiger charge is 2.54. The van der Waals surface area contributed by atoms with E-state index in [4.69, 9.17) is 5.73 Å². The lowest BCUT2D eigenvalue weighted by atomic mass is 9.89. The van der Waals surface area contributed by atoms with Crippen molar-refractivity contribution in [3.05, 3.63) is 47.4 Å². The fourth-order valence-electron chi connectivity index (χ4n) is 3.11. The van der Waals surface area contributed by atoms with Crippen molar-refractivity contribution in [2.45, 2.75) is 25.6 Å². The molecule has 4 N–H and O–H groups in total. The van der Waals surface area contributed by atoms with Crippen LogP contribution in [0.15, 0.2) is 30.6 Å². The van der Waals surface area contributed by atoms with E-state index in [0.29, 0.717) is 22.6 Å². The van der Waals surface area contributed by atoms with Gasteiger partial charge in [0.1, 0.15) is 0 Å². The molecule has 6 nitrogen and oxygen atoms in total. The number of likely N-dealkylation sites (N-methyl/N-ethyl adjacent to an activating group) is 1. The molecule has 0 saturated heterocycles. The molecule has 3 aromatic rings. The lowest BCUT2D eigenvalue weighted by molar-refractivity contribution is -0.264. The first kappa shape index (κ1) is 19.1. The number of anilines is 1. The van der Waals surface area contributed by atoms with Crippen molar-refractivity contribution in [2.75, 3.05) is 19.3 Å². The molecule has 0 radical (unpaired) electrons. The number of nitrogen functional groups attached to an aromatic ring is 1. The highest BCUT2D eigenvalue weighted by Crippen LogP contribution is 2.40. The van der Waals surface area contributed by atoms with Gasteiger partial charge >= 0.3 is 6.18 Å². The zero-order valence-corrected chi connectivity index (χ0v) is 15.1. The molecule has 144 valence electrons. The van der Waals surface area contributed by atoms with Crippen molar-refractivity contribution in [3.8, 4) is 11.3 Å². The van der Waals surface area contributed by atoms with Crippen LogP contribution in [0.2, 0.25) is 0 Å². The first-order valence-electron chi connectivity index (χ1n) is 8.24. The Morgan fingerprint density at radius 1 is 1.26 bits per heavy atom. The van der Waals surface area contributed by atoms with E-state index in [0.717, 1.165) is 5.56 Å². The first-order valence-corrected chi connectivity index (χ1v) is 8.24. The Labute approximate surface area is 153 Å². The highest BCUT2D eigenvalue weighted by atomic mass is 19.4. The van der Waals surface area contributed by atoms with Gasteiger partial charge in [0, 0.05) is 18.3 Å². The minimum Gasteiger partial charge on any atom is -0.381 e. The summed E-state index contributed by atoms with van der Waals surface area (Å²) in [6, 6.07) is 4.18. The standard InChI is InChI=1S/C18H20F3N5O/c1-10-4-5-12(17(27,9-23-3)18(19,20)21)6-13(10)14-7-24-16-15(22)25-11(2)8-26(14)16/h4-8,23,27H,9H2,1-3H3,(H2,22,25). The number of nitrogens with zero attached hydrogens (tertiary/aromatic N) is 3. The molecule has 0 spiro atoms. The van der Waals surface area contributed by atoms with E-state index >= 15 is 0 Å². The van der Waals surface area contributed by atoms with Gasteiger partial charge in [0.05, 0.1) is 17.6 Å². The van der Waals surface area contributed by atoms with Crippen molar-refractivity contribution in [2.24, 2.45) is 0 Å². The predicted molar refractivity (Wildman–Crippen MR) is 96.2 cm³/mol. The number of aliphatic hydroxyl groups is 1. The number of halogens is 3. The van der Waals surface area contributed by atoms with Gasteiger partial charge in [-0.05, 0) is 38.1 Å². The molecule has 27 heavy (non-hydrogen) atoms. The van der Waals surface area contributed by atoms with Gasteiger partial charge in [0.25, 0.3) is 0 Å². The zero-order valence-electron chi connectivity index (χ0n) is 15.1. The van der Waals surface area contributed by atoms with Gasteiger partial charge in [-0.2, -0.15) is 13.2 Å². The van der Waals surface area contributed by atoms with Crippen molar-refractivity contribution in [3.63, 3.8) is 0 Å². The summed E-state index contributed by atoms with van der Waals surface area (Å²) in [5.41, 5.74) is 5.51. The molecular formula is C18H20F3N5O. The summed E-state index contributed by atoms with van der Waals surface area (Å²) in [5, 5.41) is 12.8. The maximum absolute atomic E-state index is 13.6. The van der Waals surface area contributed by atoms with E-state index in [1.807, 2.05) is 0 Å². The number of aryl methyl sites for hydroxylation is 2. The van der Waals surface area contributed by atoms with Gasteiger partial charge in [-0.1, -0.05) is 12.1 Å². The third-order valence-electron chi connectivity index (χ3n) is 4.53. The van der Waals surface area contributed by atoms with Crippen molar-refractivity contribution in [1.29, 1.82) is 0 Å². The van der Waals surface area contributed by atoms with E-state index in [9.17, 15) is 18.3 Å². The van der Waals surface area contributed by atoms with E-state index in [1.165, 1.54) is 25.4 Å². The maximum Gasteiger partial charge on any atom is 0.422 e. The second kappa shape index (κ2) is 6.50. The summed E-state index contributed by atoms with van der Waals surface area (Å²) < 4.78 is 42.4. The predicted octanol–water partition coefficient (Wildman–Crippen LogP) is 2.56. The van der Waals surface area contributed by atoms with Crippen LogP contribution in [0.3, 0.4) is 0 Å². The molecule has 2 heterocycles. The minimum absolute atomic E-state index is 0.233. The molecule has 0 saturated carbocycles. The van der Waals surface area contributed by atoms with Crippen molar-refractivity contribution in [1.82, 2.24) is 19.7 Å². The number of imidazole rings is 1. The second-order valence-corrected chi connectivity index (χ2v) is 6.52. The molecule has 2 aromatic heterocycles. The molecule has 0 aliphatic heterocycles. The Hall–Kier alpha value is -2.65. The van der Waals surface area contributed by atoms with E-state index < -0.39 is 18.3 Å². The third-order valence-corrected chi connectivity index (χ3v) is 4.53. The number of aromatic nitrogens is 3. The highest BCUT2D eigenvalue weighted by molar-refractivity contribution is 5.72. The average molecular weight is 379 g/mol. The van der Waals surface area contributed by atoms with E-state index in [1.54, 1.807) is 30.5 Å². The molecule has 9 heteroatoms. The lowest BCUT2D eigenvalue weighted by Crippen LogP contribution is -2.49. The van der Waals surface area contributed by atoms with Gasteiger partial charge < -0.3 is 16.2 Å². The van der Waals surface area contributed by atoms with Crippen LogP contribution in [-0.4, -0.2) is 39.2 Å². The molecule has 0 bridgehead atoms. The van der Waals surface area contributed by atoms with Gasteiger partial charge in [0.2, 0.25) is 0 Å². The maximum atomic E-state index is 13.6. The summed E-state index contributed by atoms with van der Waals surface area (Å²) in [4.78, 5) is 8.37. The molecular weight excluding hydrogens is 359 g/mol. The number of nitrogens with one attached hydrogen (secondary N) is 1. The largest absolute Gasteiger partial charge is 0.422 e. The number of rotatable bonds is 4.